The number of benzene rings is 1. The lowest BCUT2D eigenvalue weighted by Gasteiger charge is -2.07. The fraction of sp³-hybridized carbons (Fsp3) is 0.333. The van der Waals surface area contributed by atoms with Crippen molar-refractivity contribution >= 4 is 0 Å². The molecule has 1 N–H and O–H groups in total. The summed E-state index contributed by atoms with van der Waals surface area (Å²) in [6.07, 6.45) is -0.573. The van der Waals surface area contributed by atoms with Gasteiger partial charge in [-0.1, -0.05) is 24.2 Å². The lowest BCUT2D eigenvalue weighted by Crippen LogP contribution is -2.11. The van der Waals surface area contributed by atoms with E-state index in [0.717, 1.165) is 0 Å². The Morgan fingerprint density at radius 1 is 1.35 bits per heavy atom. The summed E-state index contributed by atoms with van der Waals surface area (Å²) in [5, 5.41) is 13.2. The number of aliphatic hydroxyl groups excluding tert-OH is 1. The Labute approximate surface area is 98.1 Å². The molecule has 0 bridgehead atoms. The maximum Gasteiger partial charge on any atom is 0.232 e. The fourth-order valence-electron chi connectivity index (χ4n) is 1.37. The van der Waals surface area contributed by atoms with Crippen LogP contribution in [0, 0.1) is 5.82 Å². The first-order valence-electron chi connectivity index (χ1n) is 5.35. The molecule has 2 atom stereocenters. The summed E-state index contributed by atoms with van der Waals surface area (Å²) >= 11 is 0. The highest BCUT2D eigenvalue weighted by molar-refractivity contribution is 5.53. The molecule has 1 heterocycles. The minimum absolute atomic E-state index is 0.246. The summed E-state index contributed by atoms with van der Waals surface area (Å²) in [4.78, 5) is 4.14. The van der Waals surface area contributed by atoms with E-state index in [2.05, 4.69) is 10.1 Å². The standard InChI is InChI=1S/C12H13FN2O2/c1-7(8(2)16)12-14-11(15-17-12)9-4-3-5-10(13)6-9/h3-8,16H,1-2H3. The fourth-order valence-corrected chi connectivity index (χ4v) is 1.37. The van der Waals surface area contributed by atoms with E-state index in [0.29, 0.717) is 17.3 Å². The second kappa shape index (κ2) is 4.63. The van der Waals surface area contributed by atoms with Gasteiger partial charge in [0.1, 0.15) is 5.82 Å². The summed E-state index contributed by atoms with van der Waals surface area (Å²) < 4.78 is 18.1. The third-order valence-corrected chi connectivity index (χ3v) is 2.64. The van der Waals surface area contributed by atoms with Crippen LogP contribution < -0.4 is 0 Å². The molecule has 4 nitrogen and oxygen atoms in total. The van der Waals surface area contributed by atoms with Crippen LogP contribution in [0.25, 0.3) is 11.4 Å². The van der Waals surface area contributed by atoms with Crippen molar-refractivity contribution in [1.29, 1.82) is 0 Å². The molecule has 0 radical (unpaired) electrons. The molecule has 0 aliphatic heterocycles. The average Bonchev–Trinajstić information content (AvgIpc) is 2.77. The lowest BCUT2D eigenvalue weighted by atomic mass is 10.1. The molecule has 17 heavy (non-hydrogen) atoms. The number of nitrogens with zero attached hydrogens (tertiary/aromatic N) is 2. The monoisotopic (exact) mass is 236 g/mol. The van der Waals surface area contributed by atoms with Crippen molar-refractivity contribution < 1.29 is 14.0 Å². The molecule has 0 amide bonds. The predicted molar refractivity (Wildman–Crippen MR) is 59.8 cm³/mol. The lowest BCUT2D eigenvalue weighted by molar-refractivity contribution is 0.151. The van der Waals surface area contributed by atoms with Crippen LogP contribution in [0.4, 0.5) is 4.39 Å². The Hall–Kier alpha value is -1.75. The Morgan fingerprint density at radius 2 is 2.12 bits per heavy atom. The maximum atomic E-state index is 13.0. The predicted octanol–water partition coefficient (Wildman–Crippen LogP) is 2.36. The number of halogens is 1. The summed E-state index contributed by atoms with van der Waals surface area (Å²) in [6.45, 7) is 3.43. The summed E-state index contributed by atoms with van der Waals surface area (Å²) in [7, 11) is 0. The summed E-state index contributed by atoms with van der Waals surface area (Å²) in [5.74, 6) is 0.0773. The Kier molecular flexibility index (Phi) is 3.19. The van der Waals surface area contributed by atoms with Crippen LogP contribution in [0.2, 0.25) is 0 Å². The molecule has 1 aromatic heterocycles. The SMILES string of the molecule is CC(O)C(C)c1nc(-c2cccc(F)c2)no1. The van der Waals surface area contributed by atoms with Crippen LogP contribution in [0.5, 0.6) is 0 Å². The van der Waals surface area contributed by atoms with E-state index in [1.807, 2.05) is 0 Å². The van der Waals surface area contributed by atoms with Crippen LogP contribution in [0.15, 0.2) is 28.8 Å². The van der Waals surface area contributed by atoms with Gasteiger partial charge >= 0.3 is 0 Å². The molecular formula is C12H13FN2O2. The number of aliphatic hydroxyl groups is 1. The highest BCUT2D eigenvalue weighted by atomic mass is 19.1. The molecule has 0 aliphatic carbocycles. The van der Waals surface area contributed by atoms with Gasteiger partial charge in [0.15, 0.2) is 0 Å². The zero-order valence-electron chi connectivity index (χ0n) is 9.59. The van der Waals surface area contributed by atoms with Gasteiger partial charge in [-0.25, -0.2) is 4.39 Å². The highest BCUT2D eigenvalue weighted by Crippen LogP contribution is 2.22. The Bertz CT molecular complexity index is 511. The van der Waals surface area contributed by atoms with Gasteiger partial charge in [0, 0.05) is 5.56 Å². The second-order valence-corrected chi connectivity index (χ2v) is 4.00. The molecule has 5 heteroatoms. The average molecular weight is 236 g/mol. The maximum absolute atomic E-state index is 13.0. The molecule has 2 unspecified atom stereocenters. The van der Waals surface area contributed by atoms with E-state index in [-0.39, 0.29) is 11.7 Å². The van der Waals surface area contributed by atoms with Gasteiger partial charge < -0.3 is 9.63 Å². The van der Waals surface area contributed by atoms with Crippen molar-refractivity contribution in [3.63, 3.8) is 0 Å². The van der Waals surface area contributed by atoms with Gasteiger partial charge in [-0.05, 0) is 19.1 Å². The van der Waals surface area contributed by atoms with E-state index in [1.165, 1.54) is 12.1 Å². The van der Waals surface area contributed by atoms with Gasteiger partial charge in [0.05, 0.1) is 12.0 Å². The summed E-state index contributed by atoms with van der Waals surface area (Å²) in [6, 6.07) is 5.97. The van der Waals surface area contributed by atoms with Crippen molar-refractivity contribution in [2.45, 2.75) is 25.9 Å². The first-order valence-corrected chi connectivity index (χ1v) is 5.35. The molecule has 90 valence electrons. The zero-order valence-corrected chi connectivity index (χ0v) is 9.59. The zero-order chi connectivity index (χ0) is 12.4. The number of hydrogen-bond donors (Lipinski definition) is 1. The van der Waals surface area contributed by atoms with Gasteiger partial charge in [-0.2, -0.15) is 4.98 Å². The smallest absolute Gasteiger partial charge is 0.232 e. The van der Waals surface area contributed by atoms with Crippen LogP contribution in [0.1, 0.15) is 25.7 Å². The van der Waals surface area contributed by atoms with Gasteiger partial charge in [0.25, 0.3) is 0 Å². The van der Waals surface area contributed by atoms with E-state index in [9.17, 15) is 9.50 Å². The second-order valence-electron chi connectivity index (χ2n) is 4.00. The van der Waals surface area contributed by atoms with Crippen LogP contribution in [-0.2, 0) is 0 Å². The molecule has 0 spiro atoms. The van der Waals surface area contributed by atoms with Crippen molar-refractivity contribution in [3.05, 3.63) is 36.0 Å². The number of hydrogen-bond acceptors (Lipinski definition) is 4. The Balaban J connectivity index is 2.30. The van der Waals surface area contributed by atoms with Gasteiger partial charge in [0.2, 0.25) is 11.7 Å². The molecule has 0 saturated carbocycles. The molecule has 0 aliphatic rings. The van der Waals surface area contributed by atoms with E-state index in [4.69, 9.17) is 4.52 Å². The third kappa shape index (κ3) is 2.50. The van der Waals surface area contributed by atoms with Crippen LogP contribution >= 0.6 is 0 Å². The molecule has 2 aromatic rings. The topological polar surface area (TPSA) is 59.2 Å². The molecule has 1 aromatic carbocycles. The number of aromatic nitrogens is 2. The quantitative estimate of drug-likeness (QED) is 0.888. The van der Waals surface area contributed by atoms with Gasteiger partial charge in [-0.15, -0.1) is 0 Å². The van der Waals surface area contributed by atoms with Crippen molar-refractivity contribution in [1.82, 2.24) is 10.1 Å². The van der Waals surface area contributed by atoms with Crippen molar-refractivity contribution in [2.24, 2.45) is 0 Å². The van der Waals surface area contributed by atoms with Crippen molar-refractivity contribution in [3.8, 4) is 11.4 Å². The van der Waals surface area contributed by atoms with Crippen LogP contribution in [-0.4, -0.2) is 21.4 Å². The first kappa shape index (κ1) is 11.7. The molecule has 0 saturated heterocycles. The van der Waals surface area contributed by atoms with E-state index >= 15 is 0 Å². The van der Waals surface area contributed by atoms with Crippen molar-refractivity contribution in [2.75, 3.05) is 0 Å². The van der Waals surface area contributed by atoms with E-state index < -0.39 is 6.10 Å². The summed E-state index contributed by atoms with van der Waals surface area (Å²) in [5.41, 5.74) is 0.554. The normalized spacial score (nSPS) is 14.6. The Morgan fingerprint density at radius 3 is 2.76 bits per heavy atom. The first-order chi connectivity index (χ1) is 8.08. The number of rotatable bonds is 3. The van der Waals surface area contributed by atoms with E-state index in [1.54, 1.807) is 26.0 Å². The molecular weight excluding hydrogens is 223 g/mol. The minimum atomic E-state index is -0.573. The largest absolute Gasteiger partial charge is 0.393 e. The third-order valence-electron chi connectivity index (χ3n) is 2.64. The molecule has 2 rings (SSSR count). The van der Waals surface area contributed by atoms with Gasteiger partial charge in [-0.3, -0.25) is 0 Å². The minimum Gasteiger partial charge on any atom is -0.393 e. The van der Waals surface area contributed by atoms with Crippen LogP contribution in [0.3, 0.4) is 0 Å². The highest BCUT2D eigenvalue weighted by Gasteiger charge is 2.19. The molecule has 0 fully saturated rings.